The Labute approximate surface area is 333 Å². The zero-order valence-electron chi connectivity index (χ0n) is 31.3. The van der Waals surface area contributed by atoms with Crippen molar-refractivity contribution in [3.05, 3.63) is 200 Å². The molecule has 0 saturated carbocycles. The molecule has 4 heteroatoms. The Kier molecular flexibility index (Phi) is 6.41. The molecule has 1 aliphatic rings. The van der Waals surface area contributed by atoms with Crippen molar-refractivity contribution in [1.29, 1.82) is 0 Å². The van der Waals surface area contributed by atoms with Crippen LogP contribution in [0, 0.1) is 0 Å². The summed E-state index contributed by atoms with van der Waals surface area (Å²) in [6, 6.07) is 72.5. The predicted molar refractivity (Wildman–Crippen MR) is 240 cm³/mol. The number of fused-ring (bicyclic) bond motifs is 11. The monoisotopic (exact) mass is 739 g/mol. The molecular formula is C54H33N3O. The second-order valence-corrected chi connectivity index (χ2v) is 15.3. The van der Waals surface area contributed by atoms with Crippen LogP contribution in [0.1, 0.15) is 0 Å². The average molecular weight is 740 g/mol. The molecule has 0 atom stereocenters. The Morgan fingerprint density at radius 1 is 0.276 bits per heavy atom. The van der Waals surface area contributed by atoms with Crippen molar-refractivity contribution in [2.45, 2.75) is 0 Å². The van der Waals surface area contributed by atoms with Gasteiger partial charge in [-0.3, -0.25) is 0 Å². The number of nitrogens with zero attached hydrogens (tertiary/aromatic N) is 3. The number of hydrogen-bond donors (Lipinski definition) is 0. The van der Waals surface area contributed by atoms with Gasteiger partial charge in [-0.25, -0.2) is 0 Å². The molecule has 0 aliphatic carbocycles. The number of ether oxygens (including phenoxy) is 1. The Bertz CT molecular complexity index is 3640. The van der Waals surface area contributed by atoms with Gasteiger partial charge < -0.3 is 18.4 Å². The van der Waals surface area contributed by atoms with Gasteiger partial charge in [0, 0.05) is 43.7 Å². The number of benzene rings is 9. The van der Waals surface area contributed by atoms with Gasteiger partial charge in [-0.15, -0.1) is 0 Å². The Hall–Kier alpha value is -7.82. The number of hydrogen-bond acceptors (Lipinski definition) is 1. The van der Waals surface area contributed by atoms with Crippen LogP contribution in [0.5, 0.6) is 11.5 Å². The normalized spacial score (nSPS) is 12.3. The van der Waals surface area contributed by atoms with E-state index >= 15 is 0 Å². The van der Waals surface area contributed by atoms with Crippen molar-refractivity contribution in [2.75, 3.05) is 0 Å². The largest absolute Gasteiger partial charge is 0.453 e. The fraction of sp³-hybridized carbons (Fsp3) is 0. The lowest BCUT2D eigenvalue weighted by Gasteiger charge is -2.21. The first-order chi connectivity index (χ1) is 28.8. The standard InChI is InChI=1S/C54H33N3O/c1-2-11-38(12-3-1)55-46-17-7-5-14-41(46)44-31-35(23-28-49(44)55)36-24-29-50-45(32-36)42-15-6-8-18-47(42)56(50)39-26-21-34(22-27-39)37-25-30-52-51(33-37)57-48-19-9-4-13-40(48)43-16-10-20-53(58-52)54(43)57/h1-33H. The fourth-order valence-electron chi connectivity index (χ4n) is 9.64. The summed E-state index contributed by atoms with van der Waals surface area (Å²) in [5.41, 5.74) is 15.2. The molecule has 0 spiro atoms. The first kappa shape index (κ1) is 31.4. The summed E-state index contributed by atoms with van der Waals surface area (Å²) in [5.74, 6) is 1.76. The lowest BCUT2D eigenvalue weighted by atomic mass is 10.0. The molecule has 9 aromatic carbocycles. The van der Waals surface area contributed by atoms with Gasteiger partial charge in [0.25, 0.3) is 0 Å². The number of aromatic nitrogens is 3. The van der Waals surface area contributed by atoms with Gasteiger partial charge in [0.2, 0.25) is 0 Å². The van der Waals surface area contributed by atoms with Crippen molar-refractivity contribution in [1.82, 2.24) is 13.7 Å². The van der Waals surface area contributed by atoms with Crippen LogP contribution < -0.4 is 4.74 Å². The smallest absolute Gasteiger partial charge is 0.152 e. The van der Waals surface area contributed by atoms with Crippen molar-refractivity contribution < 1.29 is 4.74 Å². The van der Waals surface area contributed by atoms with Crippen LogP contribution in [-0.2, 0) is 0 Å². The quantitative estimate of drug-likeness (QED) is 0.176. The van der Waals surface area contributed by atoms with Crippen LogP contribution in [0.25, 0.3) is 105 Å². The average Bonchev–Trinajstić information content (AvgIpc) is 3.93. The molecule has 4 heterocycles. The molecule has 3 aromatic heterocycles. The summed E-state index contributed by atoms with van der Waals surface area (Å²) in [5, 5.41) is 7.44. The molecule has 0 fully saturated rings. The highest BCUT2D eigenvalue weighted by molar-refractivity contribution is 6.14. The molecule has 270 valence electrons. The minimum atomic E-state index is 0.866. The van der Waals surface area contributed by atoms with Crippen molar-refractivity contribution in [3.8, 4) is 50.8 Å². The highest BCUT2D eigenvalue weighted by Crippen LogP contribution is 2.46. The molecule has 13 rings (SSSR count). The Balaban J connectivity index is 0.905. The minimum absolute atomic E-state index is 0.866. The maximum Gasteiger partial charge on any atom is 0.152 e. The summed E-state index contributed by atoms with van der Waals surface area (Å²) in [6.45, 7) is 0. The molecule has 1 aliphatic heterocycles. The zero-order valence-corrected chi connectivity index (χ0v) is 31.3. The summed E-state index contributed by atoms with van der Waals surface area (Å²) in [6.07, 6.45) is 0. The molecule has 58 heavy (non-hydrogen) atoms. The maximum atomic E-state index is 6.48. The van der Waals surface area contributed by atoms with Gasteiger partial charge in [0.05, 0.1) is 38.8 Å². The van der Waals surface area contributed by atoms with E-state index in [9.17, 15) is 0 Å². The van der Waals surface area contributed by atoms with Gasteiger partial charge in [0.15, 0.2) is 11.5 Å². The van der Waals surface area contributed by atoms with Crippen LogP contribution >= 0.6 is 0 Å². The lowest BCUT2D eigenvalue weighted by molar-refractivity contribution is 0.476. The highest BCUT2D eigenvalue weighted by atomic mass is 16.5. The van der Waals surface area contributed by atoms with E-state index in [2.05, 4.69) is 214 Å². The van der Waals surface area contributed by atoms with E-state index in [0.717, 1.165) is 39.5 Å². The maximum absolute atomic E-state index is 6.48. The van der Waals surface area contributed by atoms with Crippen molar-refractivity contribution >= 4 is 65.4 Å². The van der Waals surface area contributed by atoms with E-state index in [0.29, 0.717) is 0 Å². The summed E-state index contributed by atoms with van der Waals surface area (Å²) >= 11 is 0. The molecule has 0 unspecified atom stereocenters. The summed E-state index contributed by atoms with van der Waals surface area (Å²) < 4.78 is 13.6. The molecule has 12 aromatic rings. The number of para-hydroxylation sites is 5. The summed E-state index contributed by atoms with van der Waals surface area (Å²) in [7, 11) is 0. The third-order valence-electron chi connectivity index (χ3n) is 12.2. The molecule has 4 nitrogen and oxygen atoms in total. The van der Waals surface area contributed by atoms with Crippen LogP contribution in [0.3, 0.4) is 0 Å². The van der Waals surface area contributed by atoms with E-state index in [4.69, 9.17) is 4.74 Å². The van der Waals surface area contributed by atoms with Gasteiger partial charge in [-0.2, -0.15) is 0 Å². The lowest BCUT2D eigenvalue weighted by Crippen LogP contribution is -2.04. The molecular weight excluding hydrogens is 707 g/mol. The third kappa shape index (κ3) is 4.40. The minimum Gasteiger partial charge on any atom is -0.453 e. The molecule has 0 N–H and O–H groups in total. The second-order valence-electron chi connectivity index (χ2n) is 15.3. The highest BCUT2D eigenvalue weighted by Gasteiger charge is 2.24. The third-order valence-corrected chi connectivity index (χ3v) is 12.2. The van der Waals surface area contributed by atoms with Crippen molar-refractivity contribution in [3.63, 3.8) is 0 Å². The van der Waals surface area contributed by atoms with E-state index in [1.807, 2.05) is 0 Å². The Morgan fingerprint density at radius 2 is 0.741 bits per heavy atom. The zero-order chi connectivity index (χ0) is 37.9. The van der Waals surface area contributed by atoms with E-state index in [1.165, 1.54) is 76.7 Å². The predicted octanol–water partition coefficient (Wildman–Crippen LogP) is 14.4. The fourth-order valence-corrected chi connectivity index (χ4v) is 9.64. The van der Waals surface area contributed by atoms with Gasteiger partial charge in [0.1, 0.15) is 0 Å². The van der Waals surface area contributed by atoms with E-state index in [1.54, 1.807) is 0 Å². The molecule has 0 saturated heterocycles. The van der Waals surface area contributed by atoms with E-state index < -0.39 is 0 Å². The van der Waals surface area contributed by atoms with Crippen LogP contribution in [0.2, 0.25) is 0 Å². The molecule has 0 bridgehead atoms. The van der Waals surface area contributed by atoms with Crippen LogP contribution in [0.4, 0.5) is 0 Å². The van der Waals surface area contributed by atoms with Gasteiger partial charge >= 0.3 is 0 Å². The van der Waals surface area contributed by atoms with Crippen molar-refractivity contribution in [2.24, 2.45) is 0 Å². The van der Waals surface area contributed by atoms with Gasteiger partial charge in [-0.05, 0) is 107 Å². The number of rotatable bonds is 4. The first-order valence-corrected chi connectivity index (χ1v) is 19.8. The second kappa shape index (κ2) is 11.8. The van der Waals surface area contributed by atoms with Crippen LogP contribution in [-0.4, -0.2) is 13.7 Å². The van der Waals surface area contributed by atoms with Gasteiger partial charge in [-0.1, -0.05) is 115 Å². The first-order valence-electron chi connectivity index (χ1n) is 19.8. The molecule has 0 amide bonds. The SMILES string of the molecule is c1ccc(-n2c3ccccc3c3cc(-c4ccc5c(c4)c4ccccc4n5-c4ccc(-c5ccc6c(c5)-n5c7ccccc7c7cccc(c75)O6)cc4)ccc32)cc1. The van der Waals surface area contributed by atoms with Crippen LogP contribution in [0.15, 0.2) is 200 Å². The van der Waals surface area contributed by atoms with E-state index in [-0.39, 0.29) is 0 Å². The Morgan fingerprint density at radius 3 is 1.38 bits per heavy atom. The topological polar surface area (TPSA) is 24.0 Å². The molecule has 0 radical (unpaired) electrons. The summed E-state index contributed by atoms with van der Waals surface area (Å²) in [4.78, 5) is 0.